The number of benzene rings is 2. The van der Waals surface area contributed by atoms with Crippen LogP contribution in [0.3, 0.4) is 0 Å². The summed E-state index contributed by atoms with van der Waals surface area (Å²) in [6.45, 7) is 5.05. The first-order valence-corrected chi connectivity index (χ1v) is 12.0. The van der Waals surface area contributed by atoms with Crippen molar-refractivity contribution in [3.05, 3.63) is 54.3 Å². The van der Waals surface area contributed by atoms with E-state index >= 15 is 0 Å². The second-order valence-electron chi connectivity index (χ2n) is 7.96. The van der Waals surface area contributed by atoms with Gasteiger partial charge in [-0.3, -0.25) is 0 Å². The molecule has 0 bridgehead atoms. The number of hydrogen-bond acceptors (Lipinski definition) is 4. The lowest BCUT2D eigenvalue weighted by atomic mass is 10.1. The molecule has 5 nitrogen and oxygen atoms in total. The van der Waals surface area contributed by atoms with Crippen LogP contribution in [0.1, 0.15) is 27.2 Å². The Hall–Kier alpha value is -1.77. The third-order valence-electron chi connectivity index (χ3n) is 5.07. The Morgan fingerprint density at radius 3 is 1.89 bits per heavy atom. The van der Waals surface area contributed by atoms with Crippen molar-refractivity contribution in [2.24, 2.45) is 0 Å². The maximum atomic E-state index is 13.1. The van der Waals surface area contributed by atoms with Gasteiger partial charge in [0.25, 0.3) is 0 Å². The summed E-state index contributed by atoms with van der Waals surface area (Å²) in [5.74, 6) is -0.336. The molecule has 0 saturated carbocycles. The molecule has 1 aliphatic heterocycles. The van der Waals surface area contributed by atoms with Crippen molar-refractivity contribution in [3.8, 4) is 11.1 Å². The number of sulfone groups is 1. The van der Waals surface area contributed by atoms with E-state index in [2.05, 4.69) is 0 Å². The van der Waals surface area contributed by atoms with E-state index in [-0.39, 0.29) is 23.8 Å². The van der Waals surface area contributed by atoms with Gasteiger partial charge in [0.05, 0.1) is 14.9 Å². The van der Waals surface area contributed by atoms with Crippen LogP contribution in [-0.4, -0.2) is 44.2 Å². The Morgan fingerprint density at radius 1 is 0.893 bits per heavy atom. The Balaban J connectivity index is 1.81. The topological polar surface area (TPSA) is 71.5 Å². The van der Waals surface area contributed by atoms with Crippen molar-refractivity contribution in [3.63, 3.8) is 0 Å². The Labute approximate surface area is 166 Å². The molecule has 8 heteroatoms. The van der Waals surface area contributed by atoms with Gasteiger partial charge in [-0.05, 0) is 62.6 Å². The Morgan fingerprint density at radius 2 is 1.39 bits per heavy atom. The molecule has 1 fully saturated rings. The average Bonchev–Trinajstić information content (AvgIpc) is 3.13. The summed E-state index contributed by atoms with van der Waals surface area (Å²) in [5.41, 5.74) is 1.55. The molecule has 0 aromatic heterocycles. The molecule has 1 heterocycles. The number of hydrogen-bond donors (Lipinski definition) is 0. The lowest BCUT2D eigenvalue weighted by molar-refractivity contribution is 0.475. The second-order valence-corrected chi connectivity index (χ2v) is 12.9. The van der Waals surface area contributed by atoms with Crippen LogP contribution in [-0.2, 0) is 19.9 Å². The van der Waals surface area contributed by atoms with Gasteiger partial charge in [-0.25, -0.2) is 21.2 Å². The van der Waals surface area contributed by atoms with E-state index in [0.717, 1.165) is 11.1 Å². The van der Waals surface area contributed by atoms with E-state index in [4.69, 9.17) is 0 Å². The lowest BCUT2D eigenvalue weighted by Gasteiger charge is -2.24. The number of rotatable bonds is 4. The van der Waals surface area contributed by atoms with Crippen LogP contribution < -0.4 is 0 Å². The van der Waals surface area contributed by atoms with Crippen LogP contribution in [0.15, 0.2) is 53.4 Å². The minimum Gasteiger partial charge on any atom is -0.228 e. The summed E-state index contributed by atoms with van der Waals surface area (Å²) in [6, 6.07) is 12.3. The van der Waals surface area contributed by atoms with Gasteiger partial charge in [0.1, 0.15) is 5.82 Å². The van der Waals surface area contributed by atoms with Gasteiger partial charge < -0.3 is 0 Å². The average molecular weight is 426 g/mol. The largest absolute Gasteiger partial charge is 0.243 e. The minimum absolute atomic E-state index is 0.0261. The summed E-state index contributed by atoms with van der Waals surface area (Å²) >= 11 is 0. The molecule has 3 rings (SSSR count). The highest BCUT2D eigenvalue weighted by molar-refractivity contribution is 7.93. The lowest BCUT2D eigenvalue weighted by Crippen LogP contribution is -2.39. The van der Waals surface area contributed by atoms with Gasteiger partial charge in [-0.1, -0.05) is 24.3 Å². The molecule has 0 N–H and O–H groups in total. The predicted molar refractivity (Wildman–Crippen MR) is 108 cm³/mol. The molecule has 0 aliphatic carbocycles. The third kappa shape index (κ3) is 3.86. The SMILES string of the molecule is CC(C)(C)S(=O)(=O)[C@H]1CCN(S(=O)(=O)c2ccc(-c3ccc(F)cc3)cc2)C1. The fourth-order valence-electron chi connectivity index (χ4n) is 3.28. The molecule has 0 spiro atoms. The normalized spacial score (nSPS) is 19.1. The molecule has 0 unspecified atom stereocenters. The van der Waals surface area contributed by atoms with E-state index in [1.165, 1.54) is 28.6 Å². The van der Waals surface area contributed by atoms with E-state index in [0.29, 0.717) is 6.42 Å². The summed E-state index contributed by atoms with van der Waals surface area (Å²) in [5, 5.41) is -0.694. The van der Waals surface area contributed by atoms with Crippen LogP contribution in [0.5, 0.6) is 0 Å². The van der Waals surface area contributed by atoms with Crippen LogP contribution >= 0.6 is 0 Å². The summed E-state index contributed by atoms with van der Waals surface area (Å²) in [7, 11) is -7.21. The maximum Gasteiger partial charge on any atom is 0.243 e. The third-order valence-corrected chi connectivity index (χ3v) is 9.92. The zero-order valence-electron chi connectivity index (χ0n) is 16.1. The molecule has 0 amide bonds. The molecule has 28 heavy (non-hydrogen) atoms. The number of nitrogens with zero attached hydrogens (tertiary/aromatic N) is 1. The quantitative estimate of drug-likeness (QED) is 0.752. The molecular weight excluding hydrogens is 401 g/mol. The zero-order chi connectivity index (χ0) is 20.7. The van der Waals surface area contributed by atoms with Crippen LogP contribution in [0.25, 0.3) is 11.1 Å². The smallest absolute Gasteiger partial charge is 0.228 e. The molecule has 152 valence electrons. The minimum atomic E-state index is -3.77. The van der Waals surface area contributed by atoms with Crippen molar-refractivity contribution < 1.29 is 21.2 Å². The van der Waals surface area contributed by atoms with Crippen molar-refractivity contribution in [2.45, 2.75) is 42.1 Å². The Kier molecular flexibility index (Phi) is 5.42. The molecule has 0 radical (unpaired) electrons. The predicted octanol–water partition coefficient (Wildman–Crippen LogP) is 3.47. The maximum absolute atomic E-state index is 13.1. The van der Waals surface area contributed by atoms with Gasteiger partial charge in [0, 0.05) is 13.1 Å². The molecule has 1 saturated heterocycles. The van der Waals surface area contributed by atoms with Crippen LogP contribution in [0, 0.1) is 5.82 Å². The number of sulfonamides is 1. The summed E-state index contributed by atoms with van der Waals surface area (Å²) < 4.78 is 64.5. The first kappa shape index (κ1) is 21.0. The first-order valence-electron chi connectivity index (χ1n) is 9.02. The standard InChI is InChI=1S/C20H24FNO4S2/c1-20(2,3)27(23,24)19-12-13-22(14-19)28(25,26)18-10-6-16(7-11-18)15-4-8-17(21)9-5-15/h4-11,19H,12-14H2,1-3H3/t19-/m0/s1. The van der Waals surface area contributed by atoms with Gasteiger partial charge in [-0.15, -0.1) is 0 Å². The molecule has 2 aromatic carbocycles. The van der Waals surface area contributed by atoms with Crippen LogP contribution in [0.4, 0.5) is 4.39 Å². The summed E-state index contributed by atoms with van der Waals surface area (Å²) in [4.78, 5) is 0.118. The first-order chi connectivity index (χ1) is 12.9. The fourth-order valence-corrected chi connectivity index (χ4v) is 6.67. The fraction of sp³-hybridized carbons (Fsp3) is 0.400. The second kappa shape index (κ2) is 7.24. The van der Waals surface area contributed by atoms with Crippen LogP contribution in [0.2, 0.25) is 0 Å². The van der Waals surface area contributed by atoms with Gasteiger partial charge >= 0.3 is 0 Å². The molecule has 1 atom stereocenters. The Bertz CT molecular complexity index is 1050. The van der Waals surface area contributed by atoms with Crippen molar-refractivity contribution >= 4 is 19.9 Å². The van der Waals surface area contributed by atoms with Gasteiger partial charge in [-0.2, -0.15) is 4.31 Å². The van der Waals surface area contributed by atoms with Gasteiger partial charge in [0.2, 0.25) is 10.0 Å². The highest BCUT2D eigenvalue weighted by Gasteiger charge is 2.43. The van der Waals surface area contributed by atoms with Crippen molar-refractivity contribution in [2.75, 3.05) is 13.1 Å². The summed E-state index contributed by atoms with van der Waals surface area (Å²) in [6.07, 6.45) is 0.298. The monoisotopic (exact) mass is 425 g/mol. The highest BCUT2D eigenvalue weighted by atomic mass is 32.2. The van der Waals surface area contributed by atoms with Gasteiger partial charge in [0.15, 0.2) is 9.84 Å². The number of halogens is 1. The molecular formula is C20H24FNO4S2. The van der Waals surface area contributed by atoms with E-state index < -0.39 is 29.9 Å². The van der Waals surface area contributed by atoms with Crippen molar-refractivity contribution in [1.82, 2.24) is 4.31 Å². The van der Waals surface area contributed by atoms with E-state index in [9.17, 15) is 21.2 Å². The molecule has 2 aromatic rings. The van der Waals surface area contributed by atoms with Crippen molar-refractivity contribution in [1.29, 1.82) is 0 Å². The zero-order valence-corrected chi connectivity index (χ0v) is 17.7. The van der Waals surface area contributed by atoms with E-state index in [1.54, 1.807) is 45.0 Å². The highest BCUT2D eigenvalue weighted by Crippen LogP contribution is 2.31. The van der Waals surface area contributed by atoms with E-state index in [1.807, 2.05) is 0 Å². The molecule has 1 aliphatic rings.